The second-order valence-electron chi connectivity index (χ2n) is 8.24. The summed E-state index contributed by atoms with van der Waals surface area (Å²) in [7, 11) is 0. The van der Waals surface area contributed by atoms with Gasteiger partial charge in [0.05, 0.1) is 23.1 Å². The highest BCUT2D eigenvalue weighted by Crippen LogP contribution is 2.69. The number of rotatable bonds is 2. The summed E-state index contributed by atoms with van der Waals surface area (Å²) in [5, 5.41) is 8.62. The summed E-state index contributed by atoms with van der Waals surface area (Å²) < 4.78 is 42.5. The van der Waals surface area contributed by atoms with Gasteiger partial charge < -0.3 is 0 Å². The molecule has 0 aliphatic heterocycles. The van der Waals surface area contributed by atoms with E-state index in [4.69, 9.17) is 0 Å². The first-order valence-electron chi connectivity index (χ1n) is 9.30. The lowest BCUT2D eigenvalue weighted by molar-refractivity contribution is 0.247. The van der Waals surface area contributed by atoms with E-state index >= 15 is 0 Å². The van der Waals surface area contributed by atoms with E-state index < -0.39 is 22.9 Å². The van der Waals surface area contributed by atoms with Crippen LogP contribution in [0.25, 0.3) is 11.3 Å². The summed E-state index contributed by atoms with van der Waals surface area (Å²) in [5.74, 6) is -1.58. The van der Waals surface area contributed by atoms with Crippen LogP contribution in [0.4, 0.5) is 13.2 Å². The highest BCUT2D eigenvalue weighted by Gasteiger charge is 2.64. The maximum absolute atomic E-state index is 14.3. The van der Waals surface area contributed by atoms with Crippen LogP contribution in [0.2, 0.25) is 0 Å². The number of hydrogen-bond donors (Lipinski definition) is 0. The molecule has 142 valence electrons. The van der Waals surface area contributed by atoms with Crippen LogP contribution in [0.5, 0.6) is 0 Å². The molecule has 0 N–H and O–H groups in total. The summed E-state index contributed by atoms with van der Waals surface area (Å²) in [6.07, 6.45) is 4.58. The molecule has 2 bridgehead atoms. The fourth-order valence-electron chi connectivity index (χ4n) is 5.48. The zero-order valence-corrected chi connectivity index (χ0v) is 15.5. The van der Waals surface area contributed by atoms with Crippen LogP contribution >= 0.6 is 0 Å². The third-order valence-corrected chi connectivity index (χ3v) is 6.80. The van der Waals surface area contributed by atoms with Crippen molar-refractivity contribution in [3.8, 4) is 11.3 Å². The Morgan fingerprint density at radius 2 is 1.75 bits per heavy atom. The van der Waals surface area contributed by atoms with Crippen molar-refractivity contribution in [2.75, 3.05) is 0 Å². The summed E-state index contributed by atoms with van der Waals surface area (Å²) >= 11 is 0. The van der Waals surface area contributed by atoms with Gasteiger partial charge >= 0.3 is 0 Å². The van der Waals surface area contributed by atoms with Crippen LogP contribution in [0, 0.1) is 22.9 Å². The minimum Gasteiger partial charge on any atom is -0.261 e. The molecule has 0 spiro atoms. The number of nitrogens with zero attached hydrogens (tertiary/aromatic N) is 3. The molecule has 2 atom stereocenters. The van der Waals surface area contributed by atoms with Crippen molar-refractivity contribution in [3.05, 3.63) is 77.0 Å². The van der Waals surface area contributed by atoms with Gasteiger partial charge in [-0.05, 0) is 59.6 Å². The first-order valence-corrected chi connectivity index (χ1v) is 9.30. The van der Waals surface area contributed by atoms with Gasteiger partial charge in [-0.3, -0.25) is 4.98 Å². The number of benzene rings is 1. The number of fused-ring (bicyclic) bond motifs is 5. The lowest BCUT2D eigenvalue weighted by Crippen LogP contribution is -2.37. The molecule has 0 amide bonds. The second kappa shape index (κ2) is 5.63. The predicted octanol–water partition coefficient (Wildman–Crippen LogP) is 5.16. The van der Waals surface area contributed by atoms with E-state index in [-0.39, 0.29) is 22.6 Å². The normalized spacial score (nSPS) is 24.4. The fraction of sp³-hybridized carbons (Fsp3) is 0.318. The molecular weight excluding hydrogens is 363 g/mol. The molecule has 1 saturated carbocycles. The van der Waals surface area contributed by atoms with Crippen molar-refractivity contribution >= 4 is 0 Å². The van der Waals surface area contributed by atoms with E-state index in [0.717, 1.165) is 29.7 Å². The third-order valence-electron chi connectivity index (χ3n) is 6.80. The Morgan fingerprint density at radius 1 is 1.00 bits per heavy atom. The monoisotopic (exact) mass is 381 g/mol. The second-order valence-corrected chi connectivity index (χ2v) is 8.24. The van der Waals surface area contributed by atoms with Crippen LogP contribution in [-0.4, -0.2) is 15.2 Å². The van der Waals surface area contributed by atoms with Gasteiger partial charge in [0.15, 0.2) is 0 Å². The van der Waals surface area contributed by atoms with Crippen LogP contribution < -0.4 is 0 Å². The number of hydrogen-bond acceptors (Lipinski definition) is 3. The summed E-state index contributed by atoms with van der Waals surface area (Å²) in [6, 6.07) is 7.01. The van der Waals surface area contributed by atoms with Gasteiger partial charge in [0.2, 0.25) is 0 Å². The zero-order valence-electron chi connectivity index (χ0n) is 15.5. The molecule has 2 aromatic heterocycles. The van der Waals surface area contributed by atoms with Crippen molar-refractivity contribution in [3.63, 3.8) is 0 Å². The smallest absolute Gasteiger partial charge is 0.141 e. The maximum Gasteiger partial charge on any atom is 0.141 e. The van der Waals surface area contributed by atoms with Crippen LogP contribution in [0.3, 0.4) is 0 Å². The van der Waals surface area contributed by atoms with Gasteiger partial charge in [-0.25, -0.2) is 13.2 Å². The Morgan fingerprint density at radius 3 is 2.46 bits per heavy atom. The molecule has 2 aliphatic rings. The molecule has 0 saturated heterocycles. The van der Waals surface area contributed by atoms with E-state index in [1.807, 2.05) is 0 Å². The van der Waals surface area contributed by atoms with E-state index in [1.54, 1.807) is 12.3 Å². The molecular formula is C22H18F3N3. The molecule has 2 heterocycles. The van der Waals surface area contributed by atoms with Gasteiger partial charge in [-0.1, -0.05) is 19.9 Å². The van der Waals surface area contributed by atoms with Crippen molar-refractivity contribution < 1.29 is 13.2 Å². The molecule has 28 heavy (non-hydrogen) atoms. The standard InChI is InChI=1S/C22H18F3N3/c1-21(2)15-6-7-22(21,12-8-13(23)11-26-10-12)20-14(15)9-18(27-28-20)19-16(24)4-3-5-17(19)25/h3-5,8-11,15H,6-7H2,1-2H3/t15-,22?/m0/s1. The van der Waals surface area contributed by atoms with Gasteiger partial charge in [0.1, 0.15) is 17.5 Å². The minimum atomic E-state index is -0.666. The highest BCUT2D eigenvalue weighted by atomic mass is 19.1. The average molecular weight is 381 g/mol. The number of halogens is 3. The molecule has 2 aliphatic carbocycles. The van der Waals surface area contributed by atoms with E-state index in [1.165, 1.54) is 30.5 Å². The average Bonchev–Trinajstić information content (AvgIpc) is 3.03. The SMILES string of the molecule is CC1(C)[C@H]2CCC1(c1cncc(F)c1)c1nnc(-c3c(F)cccc3F)cc12. The molecule has 3 aromatic rings. The van der Waals surface area contributed by atoms with E-state index in [2.05, 4.69) is 29.0 Å². The lowest BCUT2D eigenvalue weighted by Gasteiger charge is -2.38. The topological polar surface area (TPSA) is 38.7 Å². The Balaban J connectivity index is 1.74. The summed E-state index contributed by atoms with van der Waals surface area (Å²) in [5.41, 5.74) is 1.74. The Kier molecular flexibility index (Phi) is 3.49. The van der Waals surface area contributed by atoms with Crippen molar-refractivity contribution in [2.45, 2.75) is 38.0 Å². The maximum atomic E-state index is 14.3. The lowest BCUT2D eigenvalue weighted by atomic mass is 9.65. The van der Waals surface area contributed by atoms with Crippen molar-refractivity contribution in [1.29, 1.82) is 0 Å². The highest BCUT2D eigenvalue weighted by molar-refractivity contribution is 5.64. The van der Waals surface area contributed by atoms with Crippen LogP contribution in [0.1, 0.15) is 49.4 Å². The Labute approximate surface area is 160 Å². The first-order chi connectivity index (χ1) is 13.4. The van der Waals surface area contributed by atoms with Gasteiger partial charge in [-0.15, -0.1) is 5.10 Å². The Bertz CT molecular complexity index is 1090. The zero-order chi connectivity index (χ0) is 19.7. The molecule has 1 unspecified atom stereocenters. The Hall–Kier alpha value is -2.76. The van der Waals surface area contributed by atoms with Crippen molar-refractivity contribution in [2.24, 2.45) is 5.41 Å². The van der Waals surface area contributed by atoms with Gasteiger partial charge in [0, 0.05) is 11.6 Å². The molecule has 6 heteroatoms. The van der Waals surface area contributed by atoms with Crippen LogP contribution in [0.15, 0.2) is 42.7 Å². The van der Waals surface area contributed by atoms with Gasteiger partial charge in [0.25, 0.3) is 0 Å². The molecule has 5 rings (SSSR count). The summed E-state index contributed by atoms with van der Waals surface area (Å²) in [6.45, 7) is 4.28. The predicted molar refractivity (Wildman–Crippen MR) is 98.1 cm³/mol. The van der Waals surface area contributed by atoms with E-state index in [0.29, 0.717) is 0 Å². The number of aromatic nitrogens is 3. The quantitative estimate of drug-likeness (QED) is 0.616. The first kappa shape index (κ1) is 17.3. The molecule has 1 aromatic carbocycles. The molecule has 3 nitrogen and oxygen atoms in total. The number of pyridine rings is 1. The minimum absolute atomic E-state index is 0.148. The summed E-state index contributed by atoms with van der Waals surface area (Å²) in [4.78, 5) is 4.04. The van der Waals surface area contributed by atoms with Crippen molar-refractivity contribution in [1.82, 2.24) is 15.2 Å². The molecule has 0 radical (unpaired) electrons. The van der Waals surface area contributed by atoms with E-state index in [9.17, 15) is 13.2 Å². The molecule has 1 fully saturated rings. The fourth-order valence-corrected chi connectivity index (χ4v) is 5.48. The third kappa shape index (κ3) is 2.03. The van der Waals surface area contributed by atoms with Gasteiger partial charge in [-0.2, -0.15) is 5.10 Å². The largest absolute Gasteiger partial charge is 0.261 e. The van der Waals surface area contributed by atoms with Crippen LogP contribution in [-0.2, 0) is 5.41 Å².